The monoisotopic (exact) mass is 476 g/mol. The summed E-state index contributed by atoms with van der Waals surface area (Å²) in [6.07, 6.45) is 3.29. The topological polar surface area (TPSA) is 79.7 Å². The van der Waals surface area contributed by atoms with Crippen molar-refractivity contribution in [1.82, 2.24) is 9.88 Å². The number of Topliss-reactive ketones (excluding diaryl/α,β-unsaturated/α-hetero) is 1. The van der Waals surface area contributed by atoms with Gasteiger partial charge in [0.1, 0.15) is 11.5 Å². The van der Waals surface area contributed by atoms with Gasteiger partial charge in [0, 0.05) is 24.5 Å². The Labute approximate surface area is 203 Å². The molecule has 2 aromatic carbocycles. The molecule has 2 heterocycles. The van der Waals surface area contributed by atoms with Crippen LogP contribution < -0.4 is 4.74 Å². The van der Waals surface area contributed by atoms with Crippen molar-refractivity contribution < 1.29 is 19.4 Å². The Morgan fingerprint density at radius 1 is 1.15 bits per heavy atom. The quantitative estimate of drug-likeness (QED) is 0.289. The molecule has 0 aliphatic carbocycles. The van der Waals surface area contributed by atoms with Gasteiger partial charge >= 0.3 is 0 Å². The fourth-order valence-corrected chi connectivity index (χ4v) is 4.31. The highest BCUT2D eigenvalue weighted by atomic mass is 35.5. The van der Waals surface area contributed by atoms with Crippen LogP contribution in [0.15, 0.2) is 72.6 Å². The van der Waals surface area contributed by atoms with Gasteiger partial charge < -0.3 is 14.7 Å². The van der Waals surface area contributed by atoms with Gasteiger partial charge in [-0.3, -0.25) is 14.6 Å². The lowest BCUT2D eigenvalue weighted by atomic mass is 9.93. The van der Waals surface area contributed by atoms with E-state index in [1.807, 2.05) is 30.3 Å². The molecular weight excluding hydrogens is 452 g/mol. The minimum Gasteiger partial charge on any atom is -0.507 e. The van der Waals surface area contributed by atoms with E-state index in [1.54, 1.807) is 36.7 Å². The lowest BCUT2D eigenvalue weighted by molar-refractivity contribution is -0.140. The zero-order valence-corrected chi connectivity index (χ0v) is 19.9. The summed E-state index contributed by atoms with van der Waals surface area (Å²) in [5, 5.41) is 11.5. The maximum absolute atomic E-state index is 13.2. The van der Waals surface area contributed by atoms with Crippen LogP contribution >= 0.6 is 11.6 Å². The second-order valence-electron chi connectivity index (χ2n) is 8.46. The number of hydrogen-bond donors (Lipinski definition) is 1. The minimum absolute atomic E-state index is 0.0126. The Balaban J connectivity index is 1.89. The van der Waals surface area contributed by atoms with E-state index in [1.165, 1.54) is 12.0 Å². The zero-order chi connectivity index (χ0) is 24.4. The average molecular weight is 477 g/mol. The summed E-state index contributed by atoms with van der Waals surface area (Å²) in [6, 6.07) is 15.3. The van der Waals surface area contributed by atoms with Crippen LogP contribution in [0, 0.1) is 0 Å². The SMILES string of the molecule is COc1ccc(Cl)c(/C(O)=C2\C(=O)C(=O)N(Cc3cccnc3)C2c2ccc(C(C)C)cc2)c1. The largest absolute Gasteiger partial charge is 0.507 e. The van der Waals surface area contributed by atoms with Crippen molar-refractivity contribution in [3.63, 3.8) is 0 Å². The molecule has 0 radical (unpaired) electrons. The number of benzene rings is 2. The first-order chi connectivity index (χ1) is 16.3. The number of halogens is 1. The van der Waals surface area contributed by atoms with Crippen LogP contribution in [-0.4, -0.2) is 33.8 Å². The van der Waals surface area contributed by atoms with Gasteiger partial charge in [0.05, 0.1) is 23.7 Å². The Kier molecular flexibility index (Phi) is 6.70. The Hall–Kier alpha value is -3.64. The fraction of sp³-hybridized carbons (Fsp3) is 0.222. The number of hydrogen-bond acceptors (Lipinski definition) is 5. The molecule has 1 amide bonds. The number of rotatable bonds is 6. The van der Waals surface area contributed by atoms with E-state index >= 15 is 0 Å². The lowest BCUT2D eigenvalue weighted by Crippen LogP contribution is -2.29. The third-order valence-corrected chi connectivity index (χ3v) is 6.29. The second-order valence-corrected chi connectivity index (χ2v) is 8.86. The van der Waals surface area contributed by atoms with Crippen molar-refractivity contribution in [3.8, 4) is 5.75 Å². The molecule has 1 atom stereocenters. The van der Waals surface area contributed by atoms with Gasteiger partial charge in [-0.15, -0.1) is 0 Å². The number of amides is 1. The van der Waals surface area contributed by atoms with E-state index in [2.05, 4.69) is 18.8 Å². The summed E-state index contributed by atoms with van der Waals surface area (Å²) in [5.41, 5.74) is 2.83. The molecule has 1 N–H and O–H groups in total. The molecule has 1 fully saturated rings. The van der Waals surface area contributed by atoms with E-state index in [-0.39, 0.29) is 28.5 Å². The number of nitrogens with zero attached hydrogens (tertiary/aromatic N) is 2. The van der Waals surface area contributed by atoms with Gasteiger partial charge in [-0.05, 0) is 46.9 Å². The van der Waals surface area contributed by atoms with E-state index in [9.17, 15) is 14.7 Å². The van der Waals surface area contributed by atoms with Gasteiger partial charge in [0.25, 0.3) is 11.7 Å². The lowest BCUT2D eigenvalue weighted by Gasteiger charge is -2.26. The number of ketones is 1. The molecule has 174 valence electrons. The van der Waals surface area contributed by atoms with E-state index < -0.39 is 17.7 Å². The van der Waals surface area contributed by atoms with Crippen molar-refractivity contribution in [2.75, 3.05) is 7.11 Å². The van der Waals surface area contributed by atoms with Crippen molar-refractivity contribution in [3.05, 3.63) is 99.8 Å². The first kappa shape index (κ1) is 23.5. The van der Waals surface area contributed by atoms with Crippen LogP contribution in [-0.2, 0) is 16.1 Å². The Morgan fingerprint density at radius 2 is 1.88 bits per heavy atom. The van der Waals surface area contributed by atoms with Gasteiger partial charge in [-0.1, -0.05) is 55.8 Å². The van der Waals surface area contributed by atoms with Crippen LogP contribution in [0.1, 0.15) is 48.1 Å². The number of aromatic nitrogens is 1. The summed E-state index contributed by atoms with van der Waals surface area (Å²) < 4.78 is 5.26. The zero-order valence-electron chi connectivity index (χ0n) is 19.2. The minimum atomic E-state index is -0.788. The number of carbonyl (C=O) groups is 2. The molecule has 1 unspecified atom stereocenters. The van der Waals surface area contributed by atoms with Crippen LogP contribution in [0.5, 0.6) is 5.75 Å². The average Bonchev–Trinajstić information content (AvgIpc) is 3.09. The normalized spacial score (nSPS) is 17.4. The molecule has 7 heteroatoms. The predicted octanol–water partition coefficient (Wildman–Crippen LogP) is 5.49. The Morgan fingerprint density at radius 3 is 2.50 bits per heavy atom. The third-order valence-electron chi connectivity index (χ3n) is 5.96. The molecule has 0 bridgehead atoms. The molecule has 1 aliphatic rings. The molecular formula is C27H25ClN2O4. The first-order valence-corrected chi connectivity index (χ1v) is 11.3. The van der Waals surface area contributed by atoms with E-state index in [4.69, 9.17) is 16.3 Å². The van der Waals surface area contributed by atoms with Gasteiger partial charge in [0.2, 0.25) is 0 Å². The number of likely N-dealkylation sites (tertiary alicyclic amines) is 1. The summed E-state index contributed by atoms with van der Waals surface area (Å²) in [4.78, 5) is 32.0. The Bertz CT molecular complexity index is 1250. The molecule has 4 rings (SSSR count). The molecule has 1 aliphatic heterocycles. The van der Waals surface area contributed by atoms with E-state index in [0.29, 0.717) is 17.2 Å². The number of carbonyl (C=O) groups excluding carboxylic acids is 2. The molecule has 1 aromatic heterocycles. The van der Waals surface area contributed by atoms with Crippen molar-refractivity contribution in [2.45, 2.75) is 32.4 Å². The molecule has 3 aromatic rings. The fourth-order valence-electron chi connectivity index (χ4n) is 4.10. The number of aliphatic hydroxyl groups is 1. The summed E-state index contributed by atoms with van der Waals surface area (Å²) in [5.74, 6) is -1.01. The number of aliphatic hydroxyl groups excluding tert-OH is 1. The molecule has 0 saturated carbocycles. The van der Waals surface area contributed by atoms with Crippen molar-refractivity contribution in [1.29, 1.82) is 0 Å². The second kappa shape index (κ2) is 9.69. The van der Waals surface area contributed by atoms with Crippen LogP contribution in [0.2, 0.25) is 5.02 Å². The highest BCUT2D eigenvalue weighted by Gasteiger charge is 2.46. The first-order valence-electron chi connectivity index (χ1n) is 10.9. The summed E-state index contributed by atoms with van der Waals surface area (Å²) in [7, 11) is 1.50. The molecule has 6 nitrogen and oxygen atoms in total. The summed E-state index contributed by atoms with van der Waals surface area (Å²) in [6.45, 7) is 4.35. The number of pyridine rings is 1. The van der Waals surface area contributed by atoms with Crippen molar-refractivity contribution >= 4 is 29.1 Å². The maximum atomic E-state index is 13.2. The standard InChI is InChI=1S/C27H25ClN2O4/c1-16(2)18-6-8-19(9-7-18)24-23(25(31)21-13-20(34-3)10-11-22(21)28)26(32)27(33)30(24)15-17-5-4-12-29-14-17/h4-14,16,24,31H,15H2,1-3H3/b25-23+. The van der Waals surface area contributed by atoms with E-state index in [0.717, 1.165) is 11.1 Å². The smallest absolute Gasteiger partial charge is 0.295 e. The highest BCUT2D eigenvalue weighted by molar-refractivity contribution is 6.47. The molecule has 0 spiro atoms. The maximum Gasteiger partial charge on any atom is 0.295 e. The summed E-state index contributed by atoms with van der Waals surface area (Å²) >= 11 is 6.36. The number of methoxy groups -OCH3 is 1. The van der Waals surface area contributed by atoms with Gasteiger partial charge in [0.15, 0.2) is 0 Å². The van der Waals surface area contributed by atoms with Gasteiger partial charge in [-0.25, -0.2) is 0 Å². The number of ether oxygens (including phenoxy) is 1. The van der Waals surface area contributed by atoms with Crippen molar-refractivity contribution in [2.24, 2.45) is 0 Å². The van der Waals surface area contributed by atoms with Crippen LogP contribution in [0.25, 0.3) is 5.76 Å². The molecule has 34 heavy (non-hydrogen) atoms. The van der Waals surface area contributed by atoms with Crippen LogP contribution in [0.3, 0.4) is 0 Å². The molecule has 1 saturated heterocycles. The predicted molar refractivity (Wildman–Crippen MR) is 131 cm³/mol. The third kappa shape index (κ3) is 4.41. The highest BCUT2D eigenvalue weighted by Crippen LogP contribution is 2.42. The van der Waals surface area contributed by atoms with Gasteiger partial charge in [-0.2, -0.15) is 0 Å². The van der Waals surface area contributed by atoms with Crippen LogP contribution in [0.4, 0.5) is 0 Å².